The number of amides is 1. The van der Waals surface area contributed by atoms with Crippen molar-refractivity contribution in [2.75, 3.05) is 28.2 Å². The minimum atomic E-state index is 0.112. The average molecular weight is 378 g/mol. The van der Waals surface area contributed by atoms with Gasteiger partial charge in [-0.05, 0) is 49.6 Å². The highest BCUT2D eigenvalue weighted by Gasteiger charge is 2.38. The van der Waals surface area contributed by atoms with Crippen LogP contribution in [0.15, 0.2) is 48.5 Å². The maximum absolute atomic E-state index is 12.5. The first kappa shape index (κ1) is 18.9. The third-order valence-corrected chi connectivity index (χ3v) is 6.52. The smallest absolute Gasteiger partial charge is 0.224 e. The number of para-hydroxylation sites is 1. The van der Waals surface area contributed by atoms with Gasteiger partial charge in [-0.15, -0.1) is 0 Å². The molecule has 0 spiro atoms. The fraction of sp³-hybridized carbons (Fsp3) is 0.458. The highest BCUT2D eigenvalue weighted by Crippen LogP contribution is 2.44. The van der Waals surface area contributed by atoms with Crippen LogP contribution in [0.5, 0.6) is 0 Å². The molecule has 4 heteroatoms. The zero-order valence-corrected chi connectivity index (χ0v) is 17.4. The van der Waals surface area contributed by atoms with Crippen molar-refractivity contribution in [1.82, 2.24) is 0 Å². The summed E-state index contributed by atoms with van der Waals surface area (Å²) in [6.07, 6.45) is 1.25. The van der Waals surface area contributed by atoms with Crippen LogP contribution in [0.1, 0.15) is 45.7 Å². The lowest BCUT2D eigenvalue weighted by atomic mass is 9.82. The van der Waals surface area contributed by atoms with Gasteiger partial charge in [0.1, 0.15) is 0 Å². The number of anilines is 3. The second-order valence-corrected chi connectivity index (χ2v) is 8.56. The van der Waals surface area contributed by atoms with Crippen molar-refractivity contribution in [1.29, 1.82) is 0 Å². The first-order valence-electron chi connectivity index (χ1n) is 10.5. The Kier molecular flexibility index (Phi) is 5.05. The van der Waals surface area contributed by atoms with E-state index in [9.17, 15) is 4.79 Å². The van der Waals surface area contributed by atoms with Gasteiger partial charge in [-0.1, -0.05) is 32.0 Å². The van der Waals surface area contributed by atoms with Crippen LogP contribution < -0.4 is 15.1 Å². The lowest BCUT2D eigenvalue weighted by Crippen LogP contribution is -2.48. The monoisotopic (exact) mass is 377 g/mol. The molecule has 2 aliphatic rings. The molecule has 2 heterocycles. The Hall–Kier alpha value is -2.49. The van der Waals surface area contributed by atoms with Crippen molar-refractivity contribution >= 4 is 23.0 Å². The van der Waals surface area contributed by atoms with Gasteiger partial charge in [-0.2, -0.15) is 0 Å². The summed E-state index contributed by atoms with van der Waals surface area (Å²) >= 11 is 0. The number of carbonyl (C=O) groups excluding carboxylic acids is 1. The Labute approximate surface area is 168 Å². The molecule has 0 saturated carbocycles. The number of hydrogen-bond acceptors (Lipinski definition) is 3. The van der Waals surface area contributed by atoms with Gasteiger partial charge in [0.15, 0.2) is 0 Å². The van der Waals surface area contributed by atoms with E-state index >= 15 is 0 Å². The van der Waals surface area contributed by atoms with E-state index in [-0.39, 0.29) is 18.0 Å². The molecule has 1 saturated heterocycles. The second-order valence-electron chi connectivity index (χ2n) is 8.56. The molecule has 0 aliphatic carbocycles. The van der Waals surface area contributed by atoms with Crippen LogP contribution in [0.3, 0.4) is 0 Å². The van der Waals surface area contributed by atoms with Gasteiger partial charge in [-0.3, -0.25) is 4.79 Å². The highest BCUT2D eigenvalue weighted by atomic mass is 16.2. The minimum Gasteiger partial charge on any atom is -0.378 e. The van der Waals surface area contributed by atoms with Crippen molar-refractivity contribution in [3.8, 4) is 0 Å². The van der Waals surface area contributed by atoms with Crippen LogP contribution in [0.2, 0.25) is 0 Å². The van der Waals surface area contributed by atoms with Crippen LogP contribution in [0.25, 0.3) is 0 Å². The number of rotatable bonds is 3. The van der Waals surface area contributed by atoms with Crippen LogP contribution in [-0.4, -0.2) is 25.0 Å². The second kappa shape index (κ2) is 7.50. The minimum absolute atomic E-state index is 0.112. The topological polar surface area (TPSA) is 35.6 Å². The molecule has 1 fully saturated rings. The maximum Gasteiger partial charge on any atom is 0.224 e. The van der Waals surface area contributed by atoms with Crippen LogP contribution in [0, 0.1) is 11.8 Å². The van der Waals surface area contributed by atoms with Crippen molar-refractivity contribution < 1.29 is 4.79 Å². The quantitative estimate of drug-likeness (QED) is 0.810. The molecule has 2 unspecified atom stereocenters. The average Bonchev–Trinajstić information content (AvgIpc) is 3.12. The first-order chi connectivity index (χ1) is 13.5. The largest absolute Gasteiger partial charge is 0.378 e. The molecule has 1 N–H and O–H groups in total. The molecule has 0 bridgehead atoms. The Morgan fingerprint density at radius 3 is 2.46 bits per heavy atom. The van der Waals surface area contributed by atoms with E-state index in [4.69, 9.17) is 0 Å². The van der Waals surface area contributed by atoms with Crippen molar-refractivity contribution in [3.63, 3.8) is 0 Å². The van der Waals surface area contributed by atoms with Gasteiger partial charge < -0.3 is 15.1 Å². The van der Waals surface area contributed by atoms with Crippen LogP contribution >= 0.6 is 0 Å². The van der Waals surface area contributed by atoms with E-state index < -0.39 is 0 Å². The van der Waals surface area contributed by atoms with Crippen LogP contribution in [-0.2, 0) is 4.79 Å². The summed E-state index contributed by atoms with van der Waals surface area (Å²) in [5.41, 5.74) is 4.66. The van der Waals surface area contributed by atoms with E-state index in [0.717, 1.165) is 30.4 Å². The molecule has 4 atom stereocenters. The van der Waals surface area contributed by atoms with Gasteiger partial charge in [0.25, 0.3) is 0 Å². The fourth-order valence-electron chi connectivity index (χ4n) is 4.77. The predicted octanol–water partition coefficient (Wildman–Crippen LogP) is 5.08. The summed E-state index contributed by atoms with van der Waals surface area (Å²) in [6, 6.07) is 17.3. The summed E-state index contributed by atoms with van der Waals surface area (Å²) in [4.78, 5) is 16.9. The van der Waals surface area contributed by atoms with E-state index in [0.29, 0.717) is 5.92 Å². The molecule has 4 nitrogen and oxygen atoms in total. The number of benzene rings is 2. The third kappa shape index (κ3) is 3.36. The summed E-state index contributed by atoms with van der Waals surface area (Å²) in [6.45, 7) is 10.6. The maximum atomic E-state index is 12.5. The Bertz CT molecular complexity index is 850. The van der Waals surface area contributed by atoms with E-state index in [1.807, 2.05) is 11.0 Å². The van der Waals surface area contributed by atoms with Crippen molar-refractivity contribution in [2.45, 2.75) is 46.2 Å². The molecule has 2 aliphatic heterocycles. The van der Waals surface area contributed by atoms with Gasteiger partial charge in [0.05, 0.1) is 6.04 Å². The molecular weight excluding hydrogens is 346 g/mol. The van der Waals surface area contributed by atoms with Crippen molar-refractivity contribution in [3.05, 3.63) is 54.1 Å². The van der Waals surface area contributed by atoms with Crippen LogP contribution in [0.4, 0.5) is 17.1 Å². The summed E-state index contributed by atoms with van der Waals surface area (Å²) < 4.78 is 0. The standard InChI is InChI=1S/C24H31N3O/c1-16-12-13-26(15-16)21-10-11-23-22(14-21)24(25-20-8-6-5-7-9-20)17(2)18(3)27(23)19(4)28/h5-11,14,16-18,24-25H,12-13,15H2,1-4H3/t16?,17-,18-,24?/m0/s1. The molecule has 1 amide bonds. The Morgan fingerprint density at radius 1 is 1.07 bits per heavy atom. The lowest BCUT2D eigenvalue weighted by molar-refractivity contribution is -0.117. The number of nitrogens with zero attached hydrogens (tertiary/aromatic N) is 2. The summed E-state index contributed by atoms with van der Waals surface area (Å²) in [7, 11) is 0. The first-order valence-corrected chi connectivity index (χ1v) is 10.5. The molecule has 2 aromatic carbocycles. The zero-order valence-electron chi connectivity index (χ0n) is 17.4. The Morgan fingerprint density at radius 2 is 1.82 bits per heavy atom. The molecule has 2 aromatic rings. The molecule has 28 heavy (non-hydrogen) atoms. The van der Waals surface area contributed by atoms with Crippen molar-refractivity contribution in [2.24, 2.45) is 11.8 Å². The molecule has 4 rings (SSSR count). The van der Waals surface area contributed by atoms with E-state index in [1.165, 1.54) is 17.7 Å². The van der Waals surface area contributed by atoms with E-state index in [1.54, 1.807) is 6.92 Å². The molecule has 0 aromatic heterocycles. The van der Waals surface area contributed by atoms with Gasteiger partial charge in [0, 0.05) is 54.6 Å². The van der Waals surface area contributed by atoms with E-state index in [2.05, 4.69) is 73.5 Å². The Balaban J connectivity index is 1.76. The third-order valence-electron chi connectivity index (χ3n) is 6.52. The molecular formula is C24H31N3O. The molecule has 0 radical (unpaired) electrons. The number of carbonyl (C=O) groups is 1. The van der Waals surface area contributed by atoms with Gasteiger partial charge in [-0.25, -0.2) is 0 Å². The summed E-state index contributed by atoms with van der Waals surface area (Å²) in [5.74, 6) is 1.15. The number of hydrogen-bond donors (Lipinski definition) is 1. The predicted molar refractivity (Wildman–Crippen MR) is 117 cm³/mol. The lowest BCUT2D eigenvalue weighted by Gasteiger charge is -2.44. The fourth-order valence-corrected chi connectivity index (χ4v) is 4.77. The summed E-state index contributed by atoms with van der Waals surface area (Å²) in [5, 5.41) is 3.75. The van der Waals surface area contributed by atoms with Gasteiger partial charge >= 0.3 is 0 Å². The number of nitrogens with one attached hydrogen (secondary N) is 1. The number of fused-ring (bicyclic) bond motifs is 1. The highest BCUT2D eigenvalue weighted by molar-refractivity contribution is 5.94. The SMILES string of the molecule is CC(=O)N1c2ccc(N3CCC(C)C3)cc2C(Nc2ccccc2)[C@@H](C)[C@@H]1C. The van der Waals surface area contributed by atoms with Gasteiger partial charge in [0.2, 0.25) is 5.91 Å². The zero-order chi connectivity index (χ0) is 19.8. The molecule has 148 valence electrons. The normalized spacial score (nSPS) is 26.9.